The van der Waals surface area contributed by atoms with E-state index in [9.17, 15) is 18.0 Å². The van der Waals surface area contributed by atoms with Crippen LogP contribution in [0, 0.1) is 0 Å². The molecule has 1 saturated heterocycles. The predicted octanol–water partition coefficient (Wildman–Crippen LogP) is 2.05. The Morgan fingerprint density at radius 2 is 1.88 bits per heavy atom. The summed E-state index contributed by atoms with van der Waals surface area (Å²) in [6, 6.07) is 7.79. The molecule has 0 bridgehead atoms. The van der Waals surface area contributed by atoms with E-state index in [0.29, 0.717) is 11.6 Å². The summed E-state index contributed by atoms with van der Waals surface area (Å²) in [5.74, 6) is -3.24. The van der Waals surface area contributed by atoms with Crippen LogP contribution in [-0.2, 0) is 16.1 Å². The number of carbonyl (C=O) groups is 2. The average Bonchev–Trinajstić information content (AvgIpc) is 3.02. The van der Waals surface area contributed by atoms with E-state index in [0.717, 1.165) is 25.3 Å². The number of methoxy groups -OCH3 is 1. The Hall–Kier alpha value is -2.17. The molecule has 0 unspecified atom stereocenters. The van der Waals surface area contributed by atoms with Gasteiger partial charge in [0.25, 0.3) is 5.91 Å². The smallest absolute Gasteiger partial charge is 0.475 e. The molecule has 0 aliphatic carbocycles. The van der Waals surface area contributed by atoms with Gasteiger partial charge in [0, 0.05) is 25.3 Å². The lowest BCUT2D eigenvalue weighted by Gasteiger charge is -2.23. The van der Waals surface area contributed by atoms with Gasteiger partial charge in [-0.25, -0.2) is 10.3 Å². The molecule has 2 rings (SSSR count). The fourth-order valence-electron chi connectivity index (χ4n) is 2.55. The standard InChI is InChI=1S/C14H20N2O3.C2HF3O2/c1-19-10-13-3-2-8-16(13)9-11-4-6-12(7-5-11)14(17)15-18;3-2(4,5)1(6)7/h4-7,13,18H,2-3,8-10H2,1H3,(H,15,17);(H,6,7)/t13-;/m0./s1. The molecule has 3 N–H and O–H groups in total. The Balaban J connectivity index is 0.000000412. The van der Waals surface area contributed by atoms with Crippen molar-refractivity contribution in [1.82, 2.24) is 10.4 Å². The minimum Gasteiger partial charge on any atom is -0.475 e. The zero-order valence-corrected chi connectivity index (χ0v) is 14.1. The number of carboxylic acid groups (broad SMARTS) is 1. The Kier molecular flexibility index (Phi) is 8.49. The number of amides is 1. The summed E-state index contributed by atoms with van der Waals surface area (Å²) in [6.45, 7) is 2.73. The van der Waals surface area contributed by atoms with E-state index in [2.05, 4.69) is 4.90 Å². The summed E-state index contributed by atoms with van der Waals surface area (Å²) in [6.07, 6.45) is -2.70. The summed E-state index contributed by atoms with van der Waals surface area (Å²) < 4.78 is 37.0. The second-order valence-electron chi connectivity index (χ2n) is 5.66. The van der Waals surface area contributed by atoms with Crippen LogP contribution in [0.1, 0.15) is 28.8 Å². The second-order valence-corrected chi connectivity index (χ2v) is 5.66. The van der Waals surface area contributed by atoms with Gasteiger partial charge >= 0.3 is 12.1 Å². The molecule has 26 heavy (non-hydrogen) atoms. The highest BCUT2D eigenvalue weighted by molar-refractivity contribution is 5.93. The number of hydrogen-bond acceptors (Lipinski definition) is 5. The number of benzene rings is 1. The van der Waals surface area contributed by atoms with Gasteiger partial charge in [0.05, 0.1) is 6.61 Å². The van der Waals surface area contributed by atoms with E-state index >= 15 is 0 Å². The van der Waals surface area contributed by atoms with Crippen molar-refractivity contribution >= 4 is 11.9 Å². The van der Waals surface area contributed by atoms with Crippen molar-refractivity contribution in [2.75, 3.05) is 20.3 Å². The number of carbonyl (C=O) groups excluding carboxylic acids is 1. The van der Waals surface area contributed by atoms with Crippen molar-refractivity contribution in [3.05, 3.63) is 35.4 Å². The van der Waals surface area contributed by atoms with Crippen molar-refractivity contribution < 1.29 is 37.8 Å². The fourth-order valence-corrected chi connectivity index (χ4v) is 2.55. The van der Waals surface area contributed by atoms with Crippen LogP contribution in [0.2, 0.25) is 0 Å². The second kappa shape index (κ2) is 10.1. The normalized spacial score (nSPS) is 17.3. The highest BCUT2D eigenvalue weighted by atomic mass is 19.4. The van der Waals surface area contributed by atoms with Crippen LogP contribution in [0.4, 0.5) is 13.2 Å². The third-order valence-corrected chi connectivity index (χ3v) is 3.80. The summed E-state index contributed by atoms with van der Waals surface area (Å²) in [4.78, 5) is 22.5. The van der Waals surface area contributed by atoms with Gasteiger partial charge in [-0.05, 0) is 37.1 Å². The maximum atomic E-state index is 11.2. The number of ether oxygens (including phenoxy) is 1. The lowest BCUT2D eigenvalue weighted by molar-refractivity contribution is -0.192. The molecule has 0 spiro atoms. The molecule has 1 heterocycles. The van der Waals surface area contributed by atoms with Gasteiger partial charge in [-0.1, -0.05) is 12.1 Å². The first-order valence-electron chi connectivity index (χ1n) is 7.75. The molecule has 1 aliphatic heterocycles. The number of hydroxylamine groups is 1. The Morgan fingerprint density at radius 3 is 2.35 bits per heavy atom. The predicted molar refractivity (Wildman–Crippen MR) is 84.7 cm³/mol. The summed E-state index contributed by atoms with van der Waals surface area (Å²) >= 11 is 0. The van der Waals surface area contributed by atoms with Gasteiger partial charge in [-0.2, -0.15) is 13.2 Å². The third kappa shape index (κ3) is 6.98. The molecule has 0 radical (unpaired) electrons. The Morgan fingerprint density at radius 1 is 1.31 bits per heavy atom. The van der Waals surface area contributed by atoms with Crippen LogP contribution in [0.15, 0.2) is 24.3 Å². The molecule has 0 aromatic heterocycles. The molecule has 1 fully saturated rings. The van der Waals surface area contributed by atoms with Crippen LogP contribution in [0.5, 0.6) is 0 Å². The number of halogens is 3. The maximum absolute atomic E-state index is 11.2. The highest BCUT2D eigenvalue weighted by Crippen LogP contribution is 2.20. The minimum absolute atomic E-state index is 0.459. The van der Waals surface area contributed by atoms with Crippen molar-refractivity contribution in [1.29, 1.82) is 0 Å². The largest absolute Gasteiger partial charge is 0.490 e. The summed E-state index contributed by atoms with van der Waals surface area (Å²) in [5, 5.41) is 15.7. The zero-order chi connectivity index (χ0) is 19.7. The molecule has 1 amide bonds. The molecule has 7 nitrogen and oxygen atoms in total. The van der Waals surface area contributed by atoms with Crippen LogP contribution < -0.4 is 5.48 Å². The van der Waals surface area contributed by atoms with Gasteiger partial charge in [0.2, 0.25) is 0 Å². The van der Waals surface area contributed by atoms with Gasteiger partial charge in [-0.15, -0.1) is 0 Å². The topological polar surface area (TPSA) is 99.1 Å². The Labute approximate surface area is 148 Å². The van der Waals surface area contributed by atoms with Crippen LogP contribution in [-0.4, -0.2) is 59.6 Å². The number of nitrogens with one attached hydrogen (secondary N) is 1. The van der Waals surface area contributed by atoms with Crippen LogP contribution >= 0.6 is 0 Å². The van der Waals surface area contributed by atoms with E-state index in [1.54, 1.807) is 24.7 Å². The average molecular weight is 378 g/mol. The Bertz CT molecular complexity index is 593. The van der Waals surface area contributed by atoms with Crippen LogP contribution in [0.25, 0.3) is 0 Å². The molecule has 10 heteroatoms. The first-order chi connectivity index (χ1) is 12.2. The number of aliphatic carboxylic acids is 1. The van der Waals surface area contributed by atoms with Crippen molar-refractivity contribution in [3.8, 4) is 0 Å². The summed E-state index contributed by atoms with van der Waals surface area (Å²) in [5.41, 5.74) is 3.26. The quantitative estimate of drug-likeness (QED) is 0.536. The number of likely N-dealkylation sites (tertiary alicyclic amines) is 1. The van der Waals surface area contributed by atoms with Crippen molar-refractivity contribution in [3.63, 3.8) is 0 Å². The molecule has 1 aliphatic rings. The maximum Gasteiger partial charge on any atom is 0.490 e. The third-order valence-electron chi connectivity index (χ3n) is 3.80. The van der Waals surface area contributed by atoms with E-state index in [1.165, 1.54) is 12.8 Å². The summed E-state index contributed by atoms with van der Waals surface area (Å²) in [7, 11) is 1.73. The highest BCUT2D eigenvalue weighted by Gasteiger charge is 2.38. The molecular weight excluding hydrogens is 357 g/mol. The van der Waals surface area contributed by atoms with E-state index < -0.39 is 18.1 Å². The molecule has 1 aromatic rings. The molecule has 0 saturated carbocycles. The lowest BCUT2D eigenvalue weighted by atomic mass is 10.1. The molecule has 146 valence electrons. The monoisotopic (exact) mass is 378 g/mol. The molecular formula is C16H21F3N2O5. The molecule has 1 atom stereocenters. The van der Waals surface area contributed by atoms with Gasteiger partial charge in [-0.3, -0.25) is 14.9 Å². The fraction of sp³-hybridized carbons (Fsp3) is 0.500. The van der Waals surface area contributed by atoms with Gasteiger partial charge in [0.15, 0.2) is 0 Å². The van der Waals surface area contributed by atoms with Crippen LogP contribution in [0.3, 0.4) is 0 Å². The zero-order valence-electron chi connectivity index (χ0n) is 14.1. The number of hydrogen-bond donors (Lipinski definition) is 3. The van der Waals surface area contributed by atoms with E-state index in [-0.39, 0.29) is 0 Å². The van der Waals surface area contributed by atoms with Gasteiger partial charge in [0.1, 0.15) is 0 Å². The molecule has 1 aromatic carbocycles. The SMILES string of the molecule is COC[C@@H]1CCCN1Cc1ccc(C(=O)NO)cc1.O=C(O)C(F)(F)F. The van der Waals surface area contributed by atoms with Crippen molar-refractivity contribution in [2.45, 2.75) is 31.6 Å². The number of alkyl halides is 3. The van der Waals surface area contributed by atoms with E-state index in [4.69, 9.17) is 19.8 Å². The number of rotatable bonds is 5. The van der Waals surface area contributed by atoms with Crippen molar-refractivity contribution in [2.24, 2.45) is 0 Å². The lowest BCUT2D eigenvalue weighted by Crippen LogP contribution is -2.32. The van der Waals surface area contributed by atoms with Gasteiger partial charge < -0.3 is 9.84 Å². The minimum atomic E-state index is -5.08. The number of nitrogens with zero attached hydrogens (tertiary/aromatic N) is 1. The van der Waals surface area contributed by atoms with E-state index in [1.807, 2.05) is 12.1 Å². The number of carboxylic acids is 1. The first kappa shape index (κ1) is 21.9. The first-order valence-corrected chi connectivity index (χ1v) is 7.75.